The van der Waals surface area contributed by atoms with Gasteiger partial charge in [0, 0.05) is 48.4 Å². The monoisotopic (exact) mass is 352 g/mol. The zero-order valence-corrected chi connectivity index (χ0v) is 14.7. The van der Waals surface area contributed by atoms with E-state index in [0.717, 1.165) is 35.3 Å². The van der Waals surface area contributed by atoms with Gasteiger partial charge in [-0.15, -0.1) is 0 Å². The highest BCUT2D eigenvalue weighted by Crippen LogP contribution is 2.25. The molecule has 8 nitrogen and oxygen atoms in total. The molecule has 1 aromatic carbocycles. The van der Waals surface area contributed by atoms with Crippen molar-refractivity contribution in [3.63, 3.8) is 0 Å². The highest BCUT2D eigenvalue weighted by Gasteiger charge is 2.22. The van der Waals surface area contributed by atoms with Gasteiger partial charge < -0.3 is 15.2 Å². The molecule has 0 atom stereocenters. The van der Waals surface area contributed by atoms with Crippen molar-refractivity contribution in [2.24, 2.45) is 0 Å². The fourth-order valence-electron chi connectivity index (χ4n) is 3.00. The number of H-pyrrole nitrogens is 1. The molecule has 0 radical (unpaired) electrons. The summed E-state index contributed by atoms with van der Waals surface area (Å²) in [5.74, 6) is 0.867. The third-order valence-electron chi connectivity index (χ3n) is 4.54. The predicted octanol–water partition coefficient (Wildman–Crippen LogP) is 2.23. The van der Waals surface area contributed by atoms with E-state index < -0.39 is 0 Å². The fraction of sp³-hybridized carbons (Fsp3) is 0.333. The van der Waals surface area contributed by atoms with Crippen LogP contribution < -0.4 is 10.6 Å². The maximum Gasteiger partial charge on any atom is 0.276 e. The molecule has 8 heteroatoms. The molecule has 2 aromatic heterocycles. The van der Waals surface area contributed by atoms with Gasteiger partial charge in [-0.1, -0.05) is 18.1 Å². The van der Waals surface area contributed by atoms with Gasteiger partial charge in [-0.05, 0) is 24.6 Å². The molecule has 0 aliphatic carbocycles. The molecular weight excluding hydrogens is 332 g/mol. The topological polar surface area (TPSA) is 109 Å². The Balaban J connectivity index is 1.60. The van der Waals surface area contributed by atoms with Crippen LogP contribution in [0, 0.1) is 6.92 Å². The summed E-state index contributed by atoms with van der Waals surface area (Å²) < 4.78 is 5.29. The SMILES string of the molecule is CCc1noc(-c2ccc(C)c(NC(=O)c3n[nH]c4c3CNCC4)c2)n1. The molecule has 0 unspecified atom stereocenters. The maximum atomic E-state index is 12.7. The second-order valence-corrected chi connectivity index (χ2v) is 6.31. The van der Waals surface area contributed by atoms with E-state index in [9.17, 15) is 4.79 Å². The Labute approximate surface area is 150 Å². The number of hydrogen-bond donors (Lipinski definition) is 3. The molecule has 0 fully saturated rings. The number of nitrogens with zero attached hydrogens (tertiary/aromatic N) is 3. The minimum Gasteiger partial charge on any atom is -0.334 e. The van der Waals surface area contributed by atoms with E-state index in [4.69, 9.17) is 4.52 Å². The first kappa shape index (κ1) is 16.5. The second kappa shape index (κ2) is 6.72. The van der Waals surface area contributed by atoms with Gasteiger partial charge in [0.15, 0.2) is 11.5 Å². The highest BCUT2D eigenvalue weighted by molar-refractivity contribution is 6.04. The molecule has 3 heterocycles. The lowest BCUT2D eigenvalue weighted by Crippen LogP contribution is -2.25. The number of hydrogen-bond acceptors (Lipinski definition) is 6. The Kier molecular flexibility index (Phi) is 4.26. The van der Waals surface area contributed by atoms with E-state index in [1.807, 2.05) is 32.0 Å². The molecule has 26 heavy (non-hydrogen) atoms. The third-order valence-corrected chi connectivity index (χ3v) is 4.54. The number of carbonyl (C=O) groups is 1. The lowest BCUT2D eigenvalue weighted by molar-refractivity contribution is 0.102. The highest BCUT2D eigenvalue weighted by atomic mass is 16.5. The molecule has 3 N–H and O–H groups in total. The first-order chi connectivity index (χ1) is 12.7. The van der Waals surface area contributed by atoms with Crippen LogP contribution in [0.1, 0.15) is 40.1 Å². The van der Waals surface area contributed by atoms with Crippen LogP contribution in [0.3, 0.4) is 0 Å². The van der Waals surface area contributed by atoms with Crippen LogP contribution in [-0.2, 0) is 19.4 Å². The van der Waals surface area contributed by atoms with E-state index in [2.05, 4.69) is 31.0 Å². The molecular formula is C18H20N6O2. The van der Waals surface area contributed by atoms with E-state index in [-0.39, 0.29) is 5.91 Å². The summed E-state index contributed by atoms with van der Waals surface area (Å²) in [6, 6.07) is 5.66. The normalized spacial score (nSPS) is 13.5. The Bertz CT molecular complexity index is 958. The van der Waals surface area contributed by atoms with E-state index >= 15 is 0 Å². The molecule has 0 saturated carbocycles. The average Bonchev–Trinajstić information content (AvgIpc) is 3.30. The molecule has 134 valence electrons. The van der Waals surface area contributed by atoms with Crippen molar-refractivity contribution in [3.8, 4) is 11.5 Å². The Morgan fingerprint density at radius 3 is 3.08 bits per heavy atom. The Morgan fingerprint density at radius 2 is 2.27 bits per heavy atom. The number of fused-ring (bicyclic) bond motifs is 1. The number of amides is 1. The molecule has 1 aliphatic heterocycles. The van der Waals surface area contributed by atoms with Gasteiger partial charge in [0.25, 0.3) is 11.8 Å². The number of carbonyl (C=O) groups excluding carboxylic acids is 1. The van der Waals surface area contributed by atoms with Crippen molar-refractivity contribution < 1.29 is 9.32 Å². The van der Waals surface area contributed by atoms with Crippen molar-refractivity contribution in [2.45, 2.75) is 33.2 Å². The zero-order chi connectivity index (χ0) is 18.1. The summed E-state index contributed by atoms with van der Waals surface area (Å²) in [5, 5.41) is 17.3. The number of aromatic amines is 1. The lowest BCUT2D eigenvalue weighted by atomic mass is 10.1. The number of nitrogens with one attached hydrogen (secondary N) is 3. The summed E-state index contributed by atoms with van der Waals surface area (Å²) in [6.07, 6.45) is 1.55. The summed E-state index contributed by atoms with van der Waals surface area (Å²) in [4.78, 5) is 17.1. The molecule has 4 rings (SSSR count). The first-order valence-electron chi connectivity index (χ1n) is 8.67. The van der Waals surface area contributed by atoms with Crippen molar-refractivity contribution in [3.05, 3.63) is 46.5 Å². The fourth-order valence-corrected chi connectivity index (χ4v) is 3.00. The van der Waals surface area contributed by atoms with Crippen LogP contribution in [0.5, 0.6) is 0 Å². The van der Waals surface area contributed by atoms with Crippen molar-refractivity contribution in [1.82, 2.24) is 25.7 Å². The van der Waals surface area contributed by atoms with Crippen molar-refractivity contribution >= 4 is 11.6 Å². The van der Waals surface area contributed by atoms with Crippen LogP contribution in [0.4, 0.5) is 5.69 Å². The molecule has 1 aliphatic rings. The Hall–Kier alpha value is -3.00. The van der Waals surface area contributed by atoms with Gasteiger partial charge in [0.2, 0.25) is 0 Å². The van der Waals surface area contributed by atoms with E-state index in [1.54, 1.807) is 0 Å². The molecule has 1 amide bonds. The molecule has 0 spiro atoms. The largest absolute Gasteiger partial charge is 0.334 e. The van der Waals surface area contributed by atoms with Gasteiger partial charge in [-0.2, -0.15) is 10.1 Å². The quantitative estimate of drug-likeness (QED) is 0.664. The van der Waals surface area contributed by atoms with Gasteiger partial charge in [-0.3, -0.25) is 9.89 Å². The van der Waals surface area contributed by atoms with Gasteiger partial charge in [0.1, 0.15) is 0 Å². The minimum absolute atomic E-state index is 0.230. The minimum atomic E-state index is -0.230. The zero-order valence-electron chi connectivity index (χ0n) is 14.7. The van der Waals surface area contributed by atoms with E-state index in [1.165, 1.54) is 0 Å². The number of anilines is 1. The number of rotatable bonds is 4. The number of aromatic nitrogens is 4. The summed E-state index contributed by atoms with van der Waals surface area (Å²) in [5.41, 5.74) is 4.81. The van der Waals surface area contributed by atoms with Crippen LogP contribution in [-0.4, -0.2) is 32.8 Å². The molecule has 0 saturated heterocycles. The predicted molar refractivity (Wildman–Crippen MR) is 95.8 cm³/mol. The van der Waals surface area contributed by atoms with Gasteiger partial charge >= 0.3 is 0 Å². The van der Waals surface area contributed by atoms with E-state index in [0.29, 0.717) is 36.1 Å². The maximum absolute atomic E-state index is 12.7. The number of benzene rings is 1. The van der Waals surface area contributed by atoms with Crippen LogP contribution in [0.25, 0.3) is 11.5 Å². The Morgan fingerprint density at radius 1 is 1.38 bits per heavy atom. The second-order valence-electron chi connectivity index (χ2n) is 6.31. The van der Waals surface area contributed by atoms with Crippen LogP contribution in [0.15, 0.2) is 22.7 Å². The third kappa shape index (κ3) is 2.99. The van der Waals surface area contributed by atoms with Gasteiger partial charge in [-0.25, -0.2) is 0 Å². The molecule has 3 aromatic rings. The standard InChI is InChI=1S/C18H20N6O2/c1-3-15-21-18(26-24-15)11-5-4-10(2)14(8-11)20-17(25)16-12-9-19-7-6-13(12)22-23-16/h4-5,8,19H,3,6-7,9H2,1-2H3,(H,20,25)(H,22,23). The lowest BCUT2D eigenvalue weighted by Gasteiger charge is -2.13. The first-order valence-corrected chi connectivity index (χ1v) is 8.67. The average molecular weight is 352 g/mol. The van der Waals surface area contributed by atoms with Crippen LogP contribution >= 0.6 is 0 Å². The van der Waals surface area contributed by atoms with Crippen molar-refractivity contribution in [1.29, 1.82) is 0 Å². The van der Waals surface area contributed by atoms with Crippen LogP contribution in [0.2, 0.25) is 0 Å². The van der Waals surface area contributed by atoms with Gasteiger partial charge in [0.05, 0.1) is 0 Å². The number of aryl methyl sites for hydroxylation is 2. The van der Waals surface area contributed by atoms with Crippen molar-refractivity contribution in [2.75, 3.05) is 11.9 Å². The smallest absolute Gasteiger partial charge is 0.276 e. The summed E-state index contributed by atoms with van der Waals surface area (Å²) in [6.45, 7) is 5.44. The molecule has 0 bridgehead atoms. The summed E-state index contributed by atoms with van der Waals surface area (Å²) in [7, 11) is 0. The summed E-state index contributed by atoms with van der Waals surface area (Å²) >= 11 is 0.